The highest BCUT2D eigenvalue weighted by molar-refractivity contribution is 4.91. The molecule has 0 nitrogen and oxygen atoms in total. The summed E-state index contributed by atoms with van der Waals surface area (Å²) in [4.78, 5) is 0. The fourth-order valence-corrected chi connectivity index (χ4v) is 21.5. The van der Waals surface area contributed by atoms with Gasteiger partial charge in [0.15, 0.2) is 0 Å². The van der Waals surface area contributed by atoms with Crippen LogP contribution in [0.5, 0.6) is 0 Å². The van der Waals surface area contributed by atoms with Gasteiger partial charge in [0.25, 0.3) is 0 Å². The van der Waals surface area contributed by atoms with E-state index in [-0.39, 0.29) is 0 Å². The molecule has 0 saturated heterocycles. The summed E-state index contributed by atoms with van der Waals surface area (Å²) in [7, 11) is 0. The van der Waals surface area contributed by atoms with Crippen LogP contribution in [0.25, 0.3) is 0 Å². The van der Waals surface area contributed by atoms with Gasteiger partial charge in [-0.1, -0.05) is 409 Å². The fraction of sp³-hybridized carbons (Fsp3) is 1.00. The third-order valence-electron chi connectivity index (χ3n) is 26.5. The summed E-state index contributed by atoms with van der Waals surface area (Å²) in [5.74, 6) is 5.83. The molecular formula is C104H208. The van der Waals surface area contributed by atoms with Gasteiger partial charge in [-0.15, -0.1) is 0 Å². The van der Waals surface area contributed by atoms with Crippen molar-refractivity contribution in [2.24, 2.45) is 79.3 Å². The zero-order valence-electron chi connectivity index (χ0n) is 77.3. The third kappa shape index (κ3) is 53.9. The van der Waals surface area contributed by atoms with Crippen LogP contribution < -0.4 is 0 Å². The van der Waals surface area contributed by atoms with Gasteiger partial charge in [0.1, 0.15) is 0 Å². The smallest absolute Gasteiger partial charge is 0.0297 e. The lowest BCUT2D eigenvalue weighted by Gasteiger charge is -2.40. The van der Waals surface area contributed by atoms with Crippen LogP contribution in [0.4, 0.5) is 0 Å². The van der Waals surface area contributed by atoms with E-state index in [1.807, 2.05) is 0 Å². The zero-order valence-corrected chi connectivity index (χ0v) is 77.3. The molecule has 104 heavy (non-hydrogen) atoms. The molecule has 14 aliphatic carbocycles. The standard InChI is InChI=1S/6C11H20.C10H18.7C4H10/c6*1-3-7-11(8-4-1)9-5-2-6-10-11;1-2-6-10(7-3-1)8-4-5-9-10;7*1-4(2)3/h6*1-10H2;1-9H2;7*4H,1-3H3. The quantitative estimate of drug-likeness (QED) is 0.227. The molecule has 0 atom stereocenters. The Balaban J connectivity index is 0.000000573. The SMILES string of the molecule is C1CCC2(CC1)CCCC2.C1CCC2(CC1)CCCCC2.C1CCC2(CC1)CCCCC2.C1CCC2(CC1)CCCCC2.C1CCC2(CC1)CCCCC2.C1CCC2(CC1)CCCCC2.C1CCC2(CC1)CCCCC2.CC(C)C.CC(C)C.CC(C)C.CC(C)C.CC(C)C.CC(C)C.CC(C)C. The normalized spacial score (nSPS) is 24.8. The van der Waals surface area contributed by atoms with Crippen molar-refractivity contribution in [2.75, 3.05) is 0 Å². The Kier molecular flexibility index (Phi) is 60.3. The summed E-state index contributed by atoms with van der Waals surface area (Å²) in [6, 6.07) is 0. The van der Waals surface area contributed by atoms with Gasteiger partial charge in [-0.2, -0.15) is 0 Å². The first-order valence-electron chi connectivity index (χ1n) is 49.5. The van der Waals surface area contributed by atoms with Crippen molar-refractivity contribution >= 4 is 0 Å². The van der Waals surface area contributed by atoms with Crippen LogP contribution in [0.3, 0.4) is 0 Å². The largest absolute Gasteiger partial charge is 0.0630 e. The van der Waals surface area contributed by atoms with Crippen molar-refractivity contribution in [2.45, 2.75) is 588 Å². The first kappa shape index (κ1) is 102. The average molecular weight is 1460 g/mol. The average Bonchev–Trinajstić information content (AvgIpc) is 1.40. The van der Waals surface area contributed by atoms with E-state index in [0.717, 1.165) is 79.3 Å². The van der Waals surface area contributed by atoms with Gasteiger partial charge >= 0.3 is 0 Å². The van der Waals surface area contributed by atoms with Crippen LogP contribution in [0.15, 0.2) is 0 Å². The van der Waals surface area contributed by atoms with Gasteiger partial charge in [-0.25, -0.2) is 0 Å². The lowest BCUT2D eigenvalue weighted by molar-refractivity contribution is 0.124. The molecular weight excluding hydrogens is 1250 g/mol. The molecule has 14 aliphatic rings. The molecule has 0 heterocycles. The van der Waals surface area contributed by atoms with E-state index in [0.29, 0.717) is 0 Å². The second kappa shape index (κ2) is 61.5. The maximum Gasteiger partial charge on any atom is -0.0297 e. The molecule has 14 saturated carbocycles. The minimum Gasteiger partial charge on any atom is -0.0630 e. The van der Waals surface area contributed by atoms with Crippen LogP contribution in [0.2, 0.25) is 0 Å². The molecule has 0 heteroatoms. The van der Waals surface area contributed by atoms with Gasteiger partial charge in [0, 0.05) is 0 Å². The Hall–Kier alpha value is 0. The van der Waals surface area contributed by atoms with Crippen LogP contribution in [-0.2, 0) is 0 Å². The van der Waals surface area contributed by atoms with E-state index in [9.17, 15) is 0 Å². The molecule has 0 aliphatic heterocycles. The molecule has 0 aromatic carbocycles. The van der Waals surface area contributed by atoms with Crippen molar-refractivity contribution in [3.8, 4) is 0 Å². The van der Waals surface area contributed by atoms with E-state index < -0.39 is 0 Å². The lowest BCUT2D eigenvalue weighted by Crippen LogP contribution is -2.26. The summed E-state index contributed by atoms with van der Waals surface area (Å²) < 4.78 is 0. The summed E-state index contributed by atoms with van der Waals surface area (Å²) >= 11 is 0. The molecule has 14 rings (SSSR count). The van der Waals surface area contributed by atoms with Crippen LogP contribution in [0.1, 0.15) is 588 Å². The topological polar surface area (TPSA) is 0 Å². The maximum absolute atomic E-state index is 2.17. The van der Waals surface area contributed by atoms with Gasteiger partial charge in [0.05, 0.1) is 0 Å². The molecule has 0 aromatic heterocycles. The van der Waals surface area contributed by atoms with Gasteiger partial charge in [-0.3, -0.25) is 0 Å². The van der Waals surface area contributed by atoms with Crippen molar-refractivity contribution in [1.29, 1.82) is 0 Å². The number of hydrogen-bond acceptors (Lipinski definition) is 0. The Morgan fingerprint density at radius 3 is 0.173 bits per heavy atom. The van der Waals surface area contributed by atoms with E-state index in [1.54, 1.807) is 180 Å². The predicted octanol–water partition coefficient (Wildman–Crippen LogP) is 38.6. The lowest BCUT2D eigenvalue weighted by atomic mass is 9.65. The molecule has 0 N–H and O–H groups in total. The Morgan fingerprint density at radius 1 is 0.0865 bits per heavy atom. The second-order valence-electron chi connectivity index (χ2n) is 44.1. The first-order chi connectivity index (χ1) is 49.5. The number of rotatable bonds is 0. The second-order valence-corrected chi connectivity index (χ2v) is 44.1. The maximum atomic E-state index is 2.17. The minimum absolute atomic E-state index is 0.833. The highest BCUT2D eigenvalue weighted by Crippen LogP contribution is 2.53. The highest BCUT2D eigenvalue weighted by atomic mass is 14.4. The molecule has 0 amide bonds. The molecule has 624 valence electrons. The zero-order chi connectivity index (χ0) is 77.3. The Morgan fingerprint density at radius 2 is 0.125 bits per heavy atom. The predicted molar refractivity (Wildman–Crippen MR) is 479 cm³/mol. The Labute approximate surface area is 663 Å². The highest BCUT2D eigenvalue weighted by Gasteiger charge is 2.38. The summed E-state index contributed by atoms with van der Waals surface area (Å²) in [5, 5.41) is 0. The minimum atomic E-state index is 0.833. The molecule has 0 bridgehead atoms. The summed E-state index contributed by atoms with van der Waals surface area (Å²) in [6.07, 6.45) is 106. The summed E-state index contributed by atoms with van der Waals surface area (Å²) in [6.45, 7) is 45.5. The molecule has 14 fully saturated rings. The van der Waals surface area contributed by atoms with Gasteiger partial charge < -0.3 is 0 Å². The summed E-state index contributed by atoms with van der Waals surface area (Å²) in [5.41, 5.74) is 6.02. The molecule has 0 aromatic rings. The molecule has 7 spiro atoms. The van der Waals surface area contributed by atoms with Gasteiger partial charge in [0.2, 0.25) is 0 Å². The number of hydrogen-bond donors (Lipinski definition) is 0. The first-order valence-corrected chi connectivity index (χ1v) is 49.5. The molecule has 0 unspecified atom stereocenters. The van der Waals surface area contributed by atoms with Crippen molar-refractivity contribution in [3.63, 3.8) is 0 Å². The fourth-order valence-electron chi connectivity index (χ4n) is 21.5. The van der Waals surface area contributed by atoms with E-state index in [4.69, 9.17) is 0 Å². The monoisotopic (exact) mass is 1460 g/mol. The van der Waals surface area contributed by atoms with E-state index in [1.165, 1.54) is 263 Å². The van der Waals surface area contributed by atoms with Crippen molar-refractivity contribution in [1.82, 2.24) is 0 Å². The van der Waals surface area contributed by atoms with Crippen LogP contribution >= 0.6 is 0 Å². The Bertz CT molecular complexity index is 1300. The van der Waals surface area contributed by atoms with E-state index >= 15 is 0 Å². The molecule has 0 radical (unpaired) electrons. The van der Waals surface area contributed by atoms with Crippen molar-refractivity contribution in [3.05, 3.63) is 0 Å². The van der Waals surface area contributed by atoms with Gasteiger partial charge in [-0.05, 0) is 259 Å². The van der Waals surface area contributed by atoms with E-state index in [2.05, 4.69) is 145 Å². The van der Waals surface area contributed by atoms with Crippen LogP contribution in [-0.4, -0.2) is 0 Å². The third-order valence-corrected chi connectivity index (χ3v) is 26.5. The van der Waals surface area contributed by atoms with Crippen LogP contribution in [0, 0.1) is 79.3 Å². The van der Waals surface area contributed by atoms with Crippen molar-refractivity contribution < 1.29 is 0 Å².